The van der Waals surface area contributed by atoms with Crippen molar-refractivity contribution in [1.82, 2.24) is 10.2 Å². The summed E-state index contributed by atoms with van der Waals surface area (Å²) in [5.74, 6) is -0.487. The second kappa shape index (κ2) is 8.76. The van der Waals surface area contributed by atoms with Gasteiger partial charge in [0.1, 0.15) is 0 Å². The van der Waals surface area contributed by atoms with Gasteiger partial charge in [-0.2, -0.15) is 0 Å². The number of hydrogen-bond donors (Lipinski definition) is 1. The number of nitrogens with one attached hydrogen (secondary N) is 1. The molecule has 9 heteroatoms. The van der Waals surface area contributed by atoms with Crippen molar-refractivity contribution in [1.29, 1.82) is 0 Å². The first kappa shape index (κ1) is 20.2. The third kappa shape index (κ3) is 4.74. The minimum atomic E-state index is -4.03. The first-order valence-corrected chi connectivity index (χ1v) is 10.9. The number of rotatable bonds is 7. The van der Waals surface area contributed by atoms with Crippen molar-refractivity contribution in [3.05, 3.63) is 66.5 Å². The quantitative estimate of drug-likeness (QED) is 0.618. The van der Waals surface area contributed by atoms with Gasteiger partial charge in [0.05, 0.1) is 23.8 Å². The van der Waals surface area contributed by atoms with Gasteiger partial charge < -0.3 is 9.47 Å². The summed E-state index contributed by atoms with van der Waals surface area (Å²) in [5.41, 5.74) is 1.47. The van der Waals surface area contributed by atoms with Crippen LogP contribution in [0.3, 0.4) is 0 Å². The van der Waals surface area contributed by atoms with Crippen LogP contribution < -0.4 is 9.46 Å². The smallest absolute Gasteiger partial charge is 0.263 e. The van der Waals surface area contributed by atoms with Gasteiger partial charge >= 0.3 is 0 Å². The van der Waals surface area contributed by atoms with Gasteiger partial charge in [0.25, 0.3) is 10.0 Å². The molecular formula is C21H20FN3O4S. The molecule has 30 heavy (non-hydrogen) atoms. The highest BCUT2D eigenvalue weighted by Crippen LogP contribution is 2.24. The standard InChI is InChI=1S/C21H20FN3O4S/c22-18-12-17(6-8-20(18)29-14-15-10-11-28-13-15)30(26,27)25-21-9-7-19(23-24-21)16-4-2-1-3-5-16/h1-9,12,15H,10-11,13-14H2,(H,24,25). The zero-order chi connectivity index (χ0) is 21.0. The molecule has 1 aromatic heterocycles. The van der Waals surface area contributed by atoms with E-state index in [0.717, 1.165) is 18.1 Å². The minimum absolute atomic E-state index is 0.00727. The summed E-state index contributed by atoms with van der Waals surface area (Å²) in [6.45, 7) is 1.58. The zero-order valence-electron chi connectivity index (χ0n) is 16.0. The van der Waals surface area contributed by atoms with E-state index in [2.05, 4.69) is 14.9 Å². The first-order valence-electron chi connectivity index (χ1n) is 9.43. The number of nitrogens with zero attached hydrogens (tertiary/aromatic N) is 2. The monoisotopic (exact) mass is 429 g/mol. The van der Waals surface area contributed by atoms with Gasteiger partial charge in [-0.15, -0.1) is 10.2 Å². The van der Waals surface area contributed by atoms with Crippen LogP contribution in [-0.4, -0.2) is 38.4 Å². The summed E-state index contributed by atoms with van der Waals surface area (Å²) in [6.07, 6.45) is 0.863. The molecule has 1 fully saturated rings. The topological polar surface area (TPSA) is 90.4 Å². The van der Waals surface area contributed by atoms with Crippen LogP contribution >= 0.6 is 0 Å². The summed E-state index contributed by atoms with van der Waals surface area (Å²) >= 11 is 0. The second-order valence-corrected chi connectivity index (χ2v) is 8.59. The molecule has 2 aromatic carbocycles. The van der Waals surface area contributed by atoms with Gasteiger partial charge in [0, 0.05) is 18.1 Å². The molecule has 1 atom stereocenters. The van der Waals surface area contributed by atoms with Crippen molar-refractivity contribution in [2.24, 2.45) is 5.92 Å². The number of hydrogen-bond acceptors (Lipinski definition) is 6. The van der Waals surface area contributed by atoms with Crippen LogP contribution in [0, 0.1) is 11.7 Å². The molecule has 0 bridgehead atoms. The number of sulfonamides is 1. The Hall–Kier alpha value is -3.04. The Bertz CT molecular complexity index is 1100. The van der Waals surface area contributed by atoms with E-state index in [4.69, 9.17) is 9.47 Å². The summed E-state index contributed by atoms with van der Waals surface area (Å²) in [5, 5.41) is 7.95. The summed E-state index contributed by atoms with van der Waals surface area (Å²) in [4.78, 5) is -0.231. The summed E-state index contributed by atoms with van der Waals surface area (Å²) in [6, 6.07) is 16.1. The van der Waals surface area contributed by atoms with E-state index in [1.54, 1.807) is 6.07 Å². The lowest BCUT2D eigenvalue weighted by Gasteiger charge is -2.12. The molecule has 156 valence electrons. The van der Waals surface area contributed by atoms with E-state index < -0.39 is 15.8 Å². The molecule has 1 unspecified atom stereocenters. The van der Waals surface area contributed by atoms with Crippen LogP contribution in [0.25, 0.3) is 11.3 Å². The molecule has 0 radical (unpaired) electrons. The fourth-order valence-electron chi connectivity index (χ4n) is 3.03. The molecule has 7 nitrogen and oxygen atoms in total. The zero-order valence-corrected chi connectivity index (χ0v) is 16.8. The van der Waals surface area contributed by atoms with Gasteiger partial charge in [-0.05, 0) is 36.8 Å². The number of benzene rings is 2. The van der Waals surface area contributed by atoms with E-state index >= 15 is 0 Å². The molecule has 4 rings (SSSR count). The highest BCUT2D eigenvalue weighted by atomic mass is 32.2. The van der Waals surface area contributed by atoms with E-state index in [1.807, 2.05) is 30.3 Å². The second-order valence-electron chi connectivity index (χ2n) is 6.91. The average molecular weight is 429 g/mol. The van der Waals surface area contributed by atoms with Gasteiger partial charge in [0.2, 0.25) is 0 Å². The SMILES string of the molecule is O=S(=O)(Nc1ccc(-c2ccccc2)nn1)c1ccc(OCC2CCOC2)c(F)c1. The molecule has 3 aromatic rings. The predicted octanol–water partition coefficient (Wildman–Crippen LogP) is 3.50. The molecule has 1 N–H and O–H groups in total. The summed E-state index contributed by atoms with van der Waals surface area (Å²) in [7, 11) is -4.03. The molecule has 2 heterocycles. The van der Waals surface area contributed by atoms with E-state index in [-0.39, 0.29) is 22.4 Å². The maximum Gasteiger partial charge on any atom is 0.263 e. The highest BCUT2D eigenvalue weighted by molar-refractivity contribution is 7.92. The van der Waals surface area contributed by atoms with E-state index in [0.29, 0.717) is 25.5 Å². The van der Waals surface area contributed by atoms with Crippen molar-refractivity contribution in [3.63, 3.8) is 0 Å². The lowest BCUT2D eigenvalue weighted by Crippen LogP contribution is -2.15. The number of anilines is 1. The highest BCUT2D eigenvalue weighted by Gasteiger charge is 2.20. The van der Waals surface area contributed by atoms with Crippen molar-refractivity contribution in [3.8, 4) is 17.0 Å². The lowest BCUT2D eigenvalue weighted by molar-refractivity contribution is 0.165. The molecule has 0 saturated carbocycles. The Balaban J connectivity index is 1.44. The van der Waals surface area contributed by atoms with Crippen LogP contribution in [0.4, 0.5) is 10.2 Å². The van der Waals surface area contributed by atoms with Crippen molar-refractivity contribution >= 4 is 15.8 Å². The van der Waals surface area contributed by atoms with Crippen molar-refractivity contribution < 1.29 is 22.3 Å². The average Bonchev–Trinajstić information content (AvgIpc) is 3.27. The Morgan fingerprint density at radius 1 is 1.10 bits per heavy atom. The minimum Gasteiger partial charge on any atom is -0.490 e. The van der Waals surface area contributed by atoms with Crippen molar-refractivity contribution in [2.45, 2.75) is 11.3 Å². The Morgan fingerprint density at radius 2 is 1.93 bits per heavy atom. The molecule has 0 amide bonds. The fourth-order valence-corrected chi connectivity index (χ4v) is 4.04. The van der Waals surface area contributed by atoms with Gasteiger partial charge in [-0.3, -0.25) is 4.72 Å². The lowest BCUT2D eigenvalue weighted by atomic mass is 10.1. The van der Waals surface area contributed by atoms with Crippen LogP contribution in [0.5, 0.6) is 5.75 Å². The van der Waals surface area contributed by atoms with Crippen LogP contribution in [0.15, 0.2) is 65.6 Å². The molecular weight excluding hydrogens is 409 g/mol. The number of aromatic nitrogens is 2. The Kier molecular flexibility index (Phi) is 5.91. The normalized spacial score (nSPS) is 16.4. The Morgan fingerprint density at radius 3 is 2.60 bits per heavy atom. The molecule has 0 aliphatic carbocycles. The van der Waals surface area contributed by atoms with E-state index in [1.165, 1.54) is 18.2 Å². The maximum atomic E-state index is 14.4. The molecule has 0 spiro atoms. The maximum absolute atomic E-state index is 14.4. The molecule has 1 saturated heterocycles. The predicted molar refractivity (Wildman–Crippen MR) is 109 cm³/mol. The molecule has 1 aliphatic heterocycles. The first-order chi connectivity index (χ1) is 14.5. The number of ether oxygens (including phenoxy) is 2. The van der Waals surface area contributed by atoms with Gasteiger partial charge in [-0.25, -0.2) is 12.8 Å². The molecule has 1 aliphatic rings. The van der Waals surface area contributed by atoms with Gasteiger partial charge in [-0.1, -0.05) is 30.3 Å². The number of halogens is 1. The third-order valence-corrected chi connectivity index (χ3v) is 6.04. The van der Waals surface area contributed by atoms with Crippen LogP contribution in [-0.2, 0) is 14.8 Å². The van der Waals surface area contributed by atoms with Crippen molar-refractivity contribution in [2.75, 3.05) is 24.5 Å². The summed E-state index contributed by atoms with van der Waals surface area (Å²) < 4.78 is 52.6. The van der Waals surface area contributed by atoms with Gasteiger partial charge in [0.15, 0.2) is 17.4 Å². The van der Waals surface area contributed by atoms with Crippen LogP contribution in [0.1, 0.15) is 6.42 Å². The largest absolute Gasteiger partial charge is 0.490 e. The van der Waals surface area contributed by atoms with Crippen LogP contribution in [0.2, 0.25) is 0 Å². The third-order valence-electron chi connectivity index (χ3n) is 4.69. The fraction of sp³-hybridized carbons (Fsp3) is 0.238. The Labute approximate surface area is 173 Å². The van der Waals surface area contributed by atoms with E-state index in [9.17, 15) is 12.8 Å².